The highest BCUT2D eigenvalue weighted by Gasteiger charge is 2.30. The van der Waals surface area contributed by atoms with Gasteiger partial charge in [0.05, 0.1) is 29.8 Å². The molecule has 0 spiro atoms. The second-order valence-electron chi connectivity index (χ2n) is 9.35. The average Bonchev–Trinajstić information content (AvgIpc) is 3.28. The fourth-order valence-corrected chi connectivity index (χ4v) is 5.33. The van der Waals surface area contributed by atoms with E-state index >= 15 is 0 Å². The van der Waals surface area contributed by atoms with Gasteiger partial charge in [0.15, 0.2) is 5.65 Å². The molecule has 3 aromatic heterocycles. The Labute approximate surface area is 202 Å². The smallest absolute Gasteiger partial charge is 0.225 e. The van der Waals surface area contributed by atoms with Gasteiger partial charge in [0.25, 0.3) is 0 Å². The highest BCUT2D eigenvalue weighted by Crippen LogP contribution is 2.38. The van der Waals surface area contributed by atoms with Crippen molar-refractivity contribution >= 4 is 29.0 Å². The topological polar surface area (TPSA) is 111 Å². The Hall–Kier alpha value is -4.01. The number of phenolic OH excluding ortho intramolecular Hbond substituents is 1. The lowest BCUT2D eigenvalue weighted by atomic mass is 9.97. The standard InChI is InChI=1S/C26H27N7O2/c1-16-24-20-12-22(19-4-2-3-5-23(19)35)30-31-25(20)29-21(24)8-11-33(16)26-27-13-18(14-28-26)32-9-6-17(15-34)7-10-32/h2-5,12-17,35H,6-11H2,1H3,(H,29,31). The van der Waals surface area contributed by atoms with Crippen LogP contribution in [-0.4, -0.2) is 56.2 Å². The normalized spacial score (nSPS) is 18.6. The first kappa shape index (κ1) is 21.5. The molecule has 2 N–H and O–H groups in total. The molecule has 0 bridgehead atoms. The minimum atomic E-state index is 0.0445. The highest BCUT2D eigenvalue weighted by molar-refractivity contribution is 5.86. The van der Waals surface area contributed by atoms with Gasteiger partial charge in [-0.1, -0.05) is 12.1 Å². The quantitative estimate of drug-likeness (QED) is 0.436. The molecule has 0 radical (unpaired) electrons. The van der Waals surface area contributed by atoms with Crippen molar-refractivity contribution in [3.63, 3.8) is 0 Å². The second-order valence-corrected chi connectivity index (χ2v) is 9.35. The Morgan fingerprint density at radius 2 is 1.86 bits per heavy atom. The van der Waals surface area contributed by atoms with E-state index in [1.165, 1.54) is 5.56 Å². The summed E-state index contributed by atoms with van der Waals surface area (Å²) in [6, 6.07) is 9.22. The number of carbonyl (C=O) groups is 1. The Morgan fingerprint density at radius 1 is 1.09 bits per heavy atom. The summed E-state index contributed by atoms with van der Waals surface area (Å²) >= 11 is 0. The predicted octanol–water partition coefficient (Wildman–Crippen LogP) is 3.66. The van der Waals surface area contributed by atoms with Crippen molar-refractivity contribution < 1.29 is 9.90 Å². The number of benzene rings is 1. The summed E-state index contributed by atoms with van der Waals surface area (Å²) in [5.74, 6) is 1.05. The molecule has 2 aliphatic rings. The molecule has 0 amide bonds. The molecule has 35 heavy (non-hydrogen) atoms. The number of aldehydes is 1. The van der Waals surface area contributed by atoms with Crippen LogP contribution in [0, 0.1) is 5.92 Å². The zero-order chi connectivity index (χ0) is 23.9. The number of hydrogen-bond donors (Lipinski definition) is 2. The van der Waals surface area contributed by atoms with E-state index < -0.39 is 0 Å². The molecule has 9 nitrogen and oxygen atoms in total. The van der Waals surface area contributed by atoms with E-state index in [9.17, 15) is 9.90 Å². The molecule has 9 heteroatoms. The lowest BCUT2D eigenvalue weighted by Crippen LogP contribution is -2.36. The van der Waals surface area contributed by atoms with Gasteiger partial charge < -0.3 is 24.7 Å². The Morgan fingerprint density at radius 3 is 2.60 bits per heavy atom. The second kappa shape index (κ2) is 8.65. The molecule has 1 fully saturated rings. The van der Waals surface area contributed by atoms with E-state index in [1.54, 1.807) is 12.1 Å². The van der Waals surface area contributed by atoms with E-state index in [0.29, 0.717) is 17.2 Å². The summed E-state index contributed by atoms with van der Waals surface area (Å²) in [6.45, 7) is 4.66. The van der Waals surface area contributed by atoms with E-state index in [-0.39, 0.29) is 17.7 Å². The molecular formula is C26H27N7O2. The molecule has 6 rings (SSSR count). The third kappa shape index (κ3) is 3.77. The van der Waals surface area contributed by atoms with Gasteiger partial charge >= 0.3 is 0 Å². The van der Waals surface area contributed by atoms with Crippen molar-refractivity contribution in [1.29, 1.82) is 0 Å². The minimum Gasteiger partial charge on any atom is -0.507 e. The van der Waals surface area contributed by atoms with Crippen molar-refractivity contribution in [2.24, 2.45) is 5.92 Å². The summed E-state index contributed by atoms with van der Waals surface area (Å²) < 4.78 is 0. The van der Waals surface area contributed by atoms with Crippen molar-refractivity contribution in [3.8, 4) is 17.0 Å². The van der Waals surface area contributed by atoms with Crippen LogP contribution in [0.5, 0.6) is 5.75 Å². The highest BCUT2D eigenvalue weighted by atomic mass is 16.3. The zero-order valence-electron chi connectivity index (χ0n) is 19.6. The number of fused-ring (bicyclic) bond motifs is 3. The van der Waals surface area contributed by atoms with Gasteiger partial charge in [-0.2, -0.15) is 0 Å². The van der Waals surface area contributed by atoms with Crippen LogP contribution in [0.15, 0.2) is 42.7 Å². The monoisotopic (exact) mass is 469 g/mol. The van der Waals surface area contributed by atoms with Crippen LogP contribution in [0.2, 0.25) is 0 Å². The van der Waals surface area contributed by atoms with Gasteiger partial charge in [0, 0.05) is 54.2 Å². The molecule has 5 heterocycles. The van der Waals surface area contributed by atoms with E-state index in [2.05, 4.69) is 31.9 Å². The summed E-state index contributed by atoms with van der Waals surface area (Å²) in [7, 11) is 0. The maximum atomic E-state index is 11.0. The largest absolute Gasteiger partial charge is 0.507 e. The first-order chi connectivity index (χ1) is 17.1. The number of phenols is 1. The van der Waals surface area contributed by atoms with E-state index in [0.717, 1.165) is 67.6 Å². The number of para-hydroxylation sites is 1. The third-order valence-corrected chi connectivity index (χ3v) is 7.33. The van der Waals surface area contributed by atoms with E-state index in [1.807, 2.05) is 30.6 Å². The van der Waals surface area contributed by atoms with Crippen LogP contribution in [0.4, 0.5) is 11.6 Å². The number of nitrogens with zero attached hydrogens (tertiary/aromatic N) is 6. The summed E-state index contributed by atoms with van der Waals surface area (Å²) in [5.41, 5.74) is 5.37. The molecule has 1 unspecified atom stereocenters. The molecule has 2 aliphatic heterocycles. The molecule has 0 saturated carbocycles. The molecule has 1 aromatic carbocycles. The minimum absolute atomic E-state index is 0.0445. The first-order valence-electron chi connectivity index (χ1n) is 12.1. The Kier molecular flexibility index (Phi) is 5.32. The predicted molar refractivity (Wildman–Crippen MR) is 133 cm³/mol. The number of rotatable bonds is 4. The number of H-pyrrole nitrogens is 1. The summed E-state index contributed by atoms with van der Waals surface area (Å²) in [5, 5.41) is 20.1. The fourth-order valence-electron chi connectivity index (χ4n) is 5.33. The van der Waals surface area contributed by atoms with Gasteiger partial charge in [-0.3, -0.25) is 0 Å². The average molecular weight is 470 g/mol. The van der Waals surface area contributed by atoms with Gasteiger partial charge in [0.2, 0.25) is 5.95 Å². The van der Waals surface area contributed by atoms with Crippen LogP contribution in [-0.2, 0) is 11.2 Å². The maximum absolute atomic E-state index is 11.0. The number of anilines is 2. The van der Waals surface area contributed by atoms with Crippen LogP contribution < -0.4 is 9.80 Å². The van der Waals surface area contributed by atoms with Crippen LogP contribution in [0.25, 0.3) is 22.3 Å². The van der Waals surface area contributed by atoms with Crippen LogP contribution in [0.3, 0.4) is 0 Å². The van der Waals surface area contributed by atoms with Gasteiger partial charge in [-0.25, -0.2) is 9.97 Å². The van der Waals surface area contributed by atoms with Gasteiger partial charge in [-0.05, 0) is 38.0 Å². The summed E-state index contributed by atoms with van der Waals surface area (Å²) in [4.78, 5) is 28.4. The third-order valence-electron chi connectivity index (χ3n) is 7.33. The van der Waals surface area contributed by atoms with Crippen molar-refractivity contribution in [1.82, 2.24) is 25.1 Å². The van der Waals surface area contributed by atoms with Gasteiger partial charge in [-0.15, -0.1) is 10.2 Å². The number of carbonyl (C=O) groups excluding carboxylic acids is 1. The van der Waals surface area contributed by atoms with Crippen molar-refractivity contribution in [2.75, 3.05) is 29.4 Å². The number of aromatic hydroxyl groups is 1. The molecule has 1 saturated heterocycles. The molecule has 0 aliphatic carbocycles. The zero-order valence-corrected chi connectivity index (χ0v) is 19.6. The molecule has 4 aromatic rings. The van der Waals surface area contributed by atoms with Crippen molar-refractivity contribution in [2.45, 2.75) is 32.2 Å². The Balaban J connectivity index is 1.28. The number of aromatic amines is 1. The van der Waals surface area contributed by atoms with Gasteiger partial charge in [0.1, 0.15) is 12.0 Å². The number of hydrogen-bond acceptors (Lipinski definition) is 8. The van der Waals surface area contributed by atoms with Crippen LogP contribution in [0.1, 0.15) is 37.1 Å². The maximum Gasteiger partial charge on any atom is 0.225 e. The molecule has 178 valence electrons. The Bertz CT molecular complexity index is 1380. The lowest BCUT2D eigenvalue weighted by molar-refractivity contribution is -0.111. The molecule has 1 atom stereocenters. The number of aromatic nitrogens is 5. The number of piperidine rings is 1. The number of nitrogens with one attached hydrogen (secondary N) is 1. The first-order valence-corrected chi connectivity index (χ1v) is 12.1. The lowest BCUT2D eigenvalue weighted by Gasteiger charge is -2.34. The molecular weight excluding hydrogens is 442 g/mol. The fraction of sp³-hybridized carbons (Fsp3) is 0.346. The SMILES string of the molecule is CC1c2c([nH]c3nnc(-c4ccccc4O)cc23)CCN1c1ncc(N2CCC(C=O)CC2)cn1. The van der Waals surface area contributed by atoms with Crippen LogP contribution >= 0.6 is 0 Å². The van der Waals surface area contributed by atoms with Crippen molar-refractivity contribution in [3.05, 3.63) is 54.0 Å². The van der Waals surface area contributed by atoms with E-state index in [4.69, 9.17) is 9.97 Å². The summed E-state index contributed by atoms with van der Waals surface area (Å²) in [6.07, 6.45) is 7.44.